The number of nitrogens with zero attached hydrogens (tertiary/aromatic N) is 1. The van der Waals surface area contributed by atoms with E-state index in [1.165, 1.54) is 11.8 Å². The summed E-state index contributed by atoms with van der Waals surface area (Å²) in [4.78, 5) is 25.8. The molecule has 1 aromatic carbocycles. The number of carbonyl (C=O) groups excluding carboxylic acids is 2. The fourth-order valence-electron chi connectivity index (χ4n) is 2.18. The molecule has 100 valence electrons. The van der Waals surface area contributed by atoms with E-state index in [-0.39, 0.29) is 18.1 Å². The molecule has 0 spiro atoms. The summed E-state index contributed by atoms with van der Waals surface area (Å²) in [6, 6.07) is 5.66. The summed E-state index contributed by atoms with van der Waals surface area (Å²) >= 11 is 1.51. The molecular formula is C13H14N2O3S. The Hall–Kier alpha value is -1.69. The number of ether oxygens (including phenoxy) is 1. The quantitative estimate of drug-likeness (QED) is 0.903. The lowest BCUT2D eigenvalue weighted by Crippen LogP contribution is -2.25. The second kappa shape index (κ2) is 4.77. The first-order valence-electron chi connectivity index (χ1n) is 6.22. The van der Waals surface area contributed by atoms with Crippen LogP contribution in [0.1, 0.15) is 13.3 Å². The van der Waals surface area contributed by atoms with Gasteiger partial charge >= 0.3 is 6.09 Å². The van der Waals surface area contributed by atoms with Crippen molar-refractivity contribution in [3.8, 4) is 0 Å². The molecule has 1 saturated heterocycles. The maximum atomic E-state index is 11.8. The van der Waals surface area contributed by atoms with E-state index in [1.807, 2.05) is 25.1 Å². The molecule has 0 radical (unpaired) electrons. The Bertz CT molecular complexity index is 547. The molecule has 0 unspecified atom stereocenters. The monoisotopic (exact) mass is 278 g/mol. The number of hydrogen-bond acceptors (Lipinski definition) is 4. The lowest BCUT2D eigenvalue weighted by atomic mass is 10.2. The van der Waals surface area contributed by atoms with Gasteiger partial charge in [-0.05, 0) is 24.6 Å². The van der Waals surface area contributed by atoms with Crippen molar-refractivity contribution in [3.05, 3.63) is 18.2 Å². The molecule has 1 N–H and O–H groups in total. The van der Waals surface area contributed by atoms with Gasteiger partial charge in [0, 0.05) is 10.6 Å². The molecule has 0 saturated carbocycles. The Kier molecular flexibility index (Phi) is 3.10. The highest BCUT2D eigenvalue weighted by Gasteiger charge is 2.31. The van der Waals surface area contributed by atoms with Gasteiger partial charge in [-0.3, -0.25) is 9.69 Å². The van der Waals surface area contributed by atoms with Gasteiger partial charge in [-0.2, -0.15) is 0 Å². The van der Waals surface area contributed by atoms with Crippen molar-refractivity contribution in [2.45, 2.75) is 24.3 Å². The molecule has 1 atom stereocenters. The fourth-order valence-corrected chi connectivity index (χ4v) is 2.97. The highest BCUT2D eigenvalue weighted by atomic mass is 32.2. The van der Waals surface area contributed by atoms with Crippen LogP contribution in [0, 0.1) is 0 Å². The van der Waals surface area contributed by atoms with Crippen LogP contribution >= 0.6 is 11.8 Å². The Balaban J connectivity index is 1.88. The van der Waals surface area contributed by atoms with E-state index >= 15 is 0 Å². The van der Waals surface area contributed by atoms with Crippen LogP contribution in [0.2, 0.25) is 0 Å². The number of fused-ring (bicyclic) bond motifs is 1. The summed E-state index contributed by atoms with van der Waals surface area (Å²) < 4.78 is 5.24. The van der Waals surface area contributed by atoms with Gasteiger partial charge in [0.05, 0.1) is 18.0 Å². The first-order valence-corrected chi connectivity index (χ1v) is 7.21. The zero-order chi connectivity index (χ0) is 13.4. The fraction of sp³-hybridized carbons (Fsp3) is 0.385. The summed E-state index contributed by atoms with van der Waals surface area (Å²) in [7, 11) is 0. The van der Waals surface area contributed by atoms with Crippen LogP contribution in [-0.4, -0.2) is 30.4 Å². The molecular weight excluding hydrogens is 264 g/mol. The van der Waals surface area contributed by atoms with Crippen LogP contribution in [-0.2, 0) is 9.53 Å². The van der Waals surface area contributed by atoms with Crippen molar-refractivity contribution in [1.29, 1.82) is 0 Å². The molecule has 19 heavy (non-hydrogen) atoms. The Labute approximate surface area is 115 Å². The molecule has 0 aromatic heterocycles. The van der Waals surface area contributed by atoms with Gasteiger partial charge in [0.2, 0.25) is 5.91 Å². The van der Waals surface area contributed by atoms with Crippen LogP contribution in [0.15, 0.2) is 23.1 Å². The molecule has 5 nitrogen and oxygen atoms in total. The van der Waals surface area contributed by atoms with E-state index in [1.54, 1.807) is 4.90 Å². The van der Waals surface area contributed by atoms with Crippen LogP contribution in [0.5, 0.6) is 0 Å². The van der Waals surface area contributed by atoms with Crippen LogP contribution in [0.4, 0.5) is 16.2 Å². The minimum Gasteiger partial charge on any atom is -0.444 e. The van der Waals surface area contributed by atoms with E-state index in [2.05, 4.69) is 5.32 Å². The summed E-state index contributed by atoms with van der Waals surface area (Å²) in [6.45, 7) is 2.56. The Morgan fingerprint density at radius 2 is 2.32 bits per heavy atom. The molecule has 0 aliphatic carbocycles. The van der Waals surface area contributed by atoms with Gasteiger partial charge in [-0.15, -0.1) is 11.8 Å². The summed E-state index contributed by atoms with van der Waals surface area (Å²) in [5, 5.41) is 2.83. The van der Waals surface area contributed by atoms with Crippen molar-refractivity contribution in [3.63, 3.8) is 0 Å². The Morgan fingerprint density at radius 1 is 1.47 bits per heavy atom. The lowest BCUT2D eigenvalue weighted by Gasteiger charge is -2.19. The van der Waals surface area contributed by atoms with Gasteiger partial charge in [-0.1, -0.05) is 6.92 Å². The topological polar surface area (TPSA) is 58.6 Å². The zero-order valence-corrected chi connectivity index (χ0v) is 11.3. The smallest absolute Gasteiger partial charge is 0.414 e. The molecule has 3 rings (SSSR count). The predicted octanol–water partition coefficient (Wildman–Crippen LogP) is 2.47. The summed E-state index contributed by atoms with van der Waals surface area (Å²) in [6.07, 6.45) is 0.439. The molecule has 2 aliphatic rings. The molecule has 0 bridgehead atoms. The minimum atomic E-state index is -0.318. The maximum absolute atomic E-state index is 11.8. The number of rotatable bonds is 2. The van der Waals surface area contributed by atoms with Crippen molar-refractivity contribution < 1.29 is 14.3 Å². The maximum Gasteiger partial charge on any atom is 0.414 e. The van der Waals surface area contributed by atoms with E-state index < -0.39 is 0 Å². The van der Waals surface area contributed by atoms with Gasteiger partial charge in [0.25, 0.3) is 0 Å². The number of carbonyl (C=O) groups is 2. The van der Waals surface area contributed by atoms with E-state index in [0.29, 0.717) is 12.3 Å². The SMILES string of the molecule is CC[C@@H]1CN(c2ccc3c(c2)NC(=O)CS3)C(=O)O1. The number of benzene rings is 1. The number of thioether (sulfide) groups is 1. The molecule has 1 fully saturated rings. The summed E-state index contributed by atoms with van der Waals surface area (Å²) in [5.41, 5.74) is 1.54. The van der Waals surface area contributed by atoms with Gasteiger partial charge in [0.1, 0.15) is 6.10 Å². The van der Waals surface area contributed by atoms with Gasteiger partial charge < -0.3 is 10.1 Å². The van der Waals surface area contributed by atoms with Crippen molar-refractivity contribution in [1.82, 2.24) is 0 Å². The average molecular weight is 278 g/mol. The standard InChI is InChI=1S/C13H14N2O3S/c1-2-9-6-15(13(17)18-9)8-3-4-11-10(5-8)14-12(16)7-19-11/h3-5,9H,2,6-7H2,1H3,(H,14,16)/t9-/m1/s1. The second-order valence-electron chi connectivity index (χ2n) is 4.54. The molecule has 1 aromatic rings. The van der Waals surface area contributed by atoms with Gasteiger partial charge in [-0.25, -0.2) is 4.79 Å². The predicted molar refractivity (Wildman–Crippen MR) is 73.7 cm³/mol. The normalized spacial score (nSPS) is 21.9. The van der Waals surface area contributed by atoms with Crippen molar-refractivity contribution in [2.75, 3.05) is 22.5 Å². The number of cyclic esters (lactones) is 1. The van der Waals surface area contributed by atoms with Crippen molar-refractivity contribution in [2.24, 2.45) is 0 Å². The number of hydrogen-bond donors (Lipinski definition) is 1. The Morgan fingerprint density at radius 3 is 3.05 bits per heavy atom. The highest BCUT2D eigenvalue weighted by molar-refractivity contribution is 8.00. The third-order valence-corrected chi connectivity index (χ3v) is 4.31. The minimum absolute atomic E-state index is 0.00918. The molecule has 6 heteroatoms. The molecule has 2 amide bonds. The molecule has 2 aliphatic heterocycles. The third-order valence-electron chi connectivity index (χ3n) is 3.24. The lowest BCUT2D eigenvalue weighted by molar-refractivity contribution is -0.113. The van der Waals surface area contributed by atoms with Crippen LogP contribution in [0.25, 0.3) is 0 Å². The van der Waals surface area contributed by atoms with Crippen LogP contribution < -0.4 is 10.2 Å². The number of nitrogens with one attached hydrogen (secondary N) is 1. The first-order chi connectivity index (χ1) is 9.17. The second-order valence-corrected chi connectivity index (χ2v) is 5.56. The number of amides is 2. The largest absolute Gasteiger partial charge is 0.444 e. The first kappa shape index (κ1) is 12.3. The highest BCUT2D eigenvalue weighted by Crippen LogP contribution is 2.35. The van der Waals surface area contributed by atoms with Crippen molar-refractivity contribution >= 4 is 35.1 Å². The van der Waals surface area contributed by atoms with Gasteiger partial charge in [0.15, 0.2) is 0 Å². The van der Waals surface area contributed by atoms with E-state index in [9.17, 15) is 9.59 Å². The molecule has 2 heterocycles. The summed E-state index contributed by atoms with van der Waals surface area (Å²) in [5.74, 6) is 0.431. The van der Waals surface area contributed by atoms with Crippen LogP contribution in [0.3, 0.4) is 0 Å². The number of anilines is 2. The zero-order valence-electron chi connectivity index (χ0n) is 10.5. The average Bonchev–Trinajstić information content (AvgIpc) is 2.79. The van der Waals surface area contributed by atoms with E-state index in [4.69, 9.17) is 4.74 Å². The van der Waals surface area contributed by atoms with E-state index in [0.717, 1.165) is 22.7 Å². The third kappa shape index (κ3) is 2.28.